The third-order valence-corrected chi connectivity index (χ3v) is 2.07. The van der Waals surface area contributed by atoms with Gasteiger partial charge in [0.05, 0.1) is 0 Å². The Morgan fingerprint density at radius 2 is 1.93 bits per heavy atom. The molecule has 80 valence electrons. The smallest absolute Gasteiger partial charge is 0.190 e. The topological polar surface area (TPSA) is 80.0 Å². The van der Waals surface area contributed by atoms with Crippen LogP contribution >= 0.6 is 0 Å². The summed E-state index contributed by atoms with van der Waals surface area (Å²) in [6.07, 6.45) is 3.30. The number of nitrogens with two attached hydrogens (primary N) is 2. The van der Waals surface area contributed by atoms with Crippen LogP contribution in [0, 0.1) is 0 Å². The first kappa shape index (κ1) is 11.1. The Balaban J connectivity index is 2.75. The number of nitrogens with zero attached hydrogens (tertiary/aromatic N) is 3. The Hall–Kier alpha value is -0.940. The van der Waals surface area contributed by atoms with Gasteiger partial charge in [-0.1, -0.05) is 13.8 Å². The average molecular weight is 197 g/mol. The summed E-state index contributed by atoms with van der Waals surface area (Å²) in [5, 5.41) is 1.45. The molecule has 1 heterocycles. The number of hydrogen-bond donors (Lipinski definition) is 2. The van der Waals surface area contributed by atoms with Crippen molar-refractivity contribution in [1.82, 2.24) is 5.01 Å². The molecule has 1 unspecified atom stereocenters. The summed E-state index contributed by atoms with van der Waals surface area (Å²) in [4.78, 5) is 8.57. The van der Waals surface area contributed by atoms with Crippen molar-refractivity contribution in [3.05, 3.63) is 0 Å². The molecular formula is C9H19N5. The predicted molar refractivity (Wildman–Crippen MR) is 58.7 cm³/mol. The molecule has 0 spiro atoms. The Morgan fingerprint density at radius 1 is 1.29 bits per heavy atom. The van der Waals surface area contributed by atoms with Crippen LogP contribution in [0.5, 0.6) is 0 Å². The van der Waals surface area contributed by atoms with E-state index in [9.17, 15) is 0 Å². The summed E-state index contributed by atoms with van der Waals surface area (Å²) >= 11 is 0. The van der Waals surface area contributed by atoms with E-state index in [0.29, 0.717) is 0 Å². The summed E-state index contributed by atoms with van der Waals surface area (Å²) in [6, 6.07) is 0. The van der Waals surface area contributed by atoms with Gasteiger partial charge < -0.3 is 0 Å². The molecule has 5 nitrogen and oxygen atoms in total. The zero-order chi connectivity index (χ0) is 10.6. The van der Waals surface area contributed by atoms with Crippen LogP contribution in [-0.4, -0.2) is 23.0 Å². The zero-order valence-electron chi connectivity index (χ0n) is 8.90. The second-order valence-corrected chi connectivity index (χ2v) is 3.39. The normalized spacial score (nSPS) is 22.0. The second-order valence-electron chi connectivity index (χ2n) is 3.39. The highest BCUT2D eigenvalue weighted by atomic mass is 15.5. The number of aliphatic imine (C=N–C) groups is 2. The highest BCUT2D eigenvalue weighted by molar-refractivity contribution is 5.98. The van der Waals surface area contributed by atoms with Crippen LogP contribution in [0.2, 0.25) is 0 Å². The molecule has 1 rings (SSSR count). The minimum absolute atomic E-state index is 0.462. The molecule has 0 amide bonds. The van der Waals surface area contributed by atoms with E-state index < -0.39 is 6.29 Å². The van der Waals surface area contributed by atoms with Gasteiger partial charge in [-0.15, -0.1) is 0 Å². The first-order chi connectivity index (χ1) is 6.69. The van der Waals surface area contributed by atoms with Crippen molar-refractivity contribution >= 4 is 11.7 Å². The van der Waals surface area contributed by atoms with Crippen LogP contribution in [-0.2, 0) is 0 Å². The molecule has 5 heteroatoms. The third-order valence-electron chi connectivity index (χ3n) is 2.07. The highest BCUT2D eigenvalue weighted by Gasteiger charge is 2.19. The van der Waals surface area contributed by atoms with Gasteiger partial charge in [-0.2, -0.15) is 0 Å². The van der Waals surface area contributed by atoms with Crippen molar-refractivity contribution < 1.29 is 0 Å². The van der Waals surface area contributed by atoms with E-state index in [1.165, 1.54) is 5.01 Å². The monoisotopic (exact) mass is 197 g/mol. The lowest BCUT2D eigenvalue weighted by Gasteiger charge is -2.28. The van der Waals surface area contributed by atoms with E-state index in [-0.39, 0.29) is 0 Å². The van der Waals surface area contributed by atoms with Gasteiger partial charge in [-0.3, -0.25) is 10.7 Å². The van der Waals surface area contributed by atoms with Gasteiger partial charge in [0.2, 0.25) is 0 Å². The standard InChI is InChI=1S/C9H19N5/c1-3-5-7-12-8(6-4-2)14(11)9(10)13-7/h9H,3-6,10-11H2,1-2H3. The maximum Gasteiger partial charge on any atom is 0.190 e. The number of amidine groups is 2. The van der Waals surface area contributed by atoms with Gasteiger partial charge in [0.25, 0.3) is 0 Å². The molecular weight excluding hydrogens is 178 g/mol. The number of hydrogen-bond acceptors (Lipinski definition) is 5. The molecule has 1 aliphatic heterocycles. The first-order valence-corrected chi connectivity index (χ1v) is 5.12. The maximum absolute atomic E-state index is 5.75. The summed E-state index contributed by atoms with van der Waals surface area (Å²) in [6.45, 7) is 4.19. The average Bonchev–Trinajstić information content (AvgIpc) is 2.14. The Bertz CT molecular complexity index is 246. The molecule has 0 aromatic rings. The molecule has 0 saturated heterocycles. The van der Waals surface area contributed by atoms with Crippen molar-refractivity contribution in [1.29, 1.82) is 0 Å². The Morgan fingerprint density at radius 3 is 2.50 bits per heavy atom. The van der Waals surface area contributed by atoms with Gasteiger partial charge in [0, 0.05) is 12.8 Å². The SMILES string of the molecule is CCCC1=NC(N)N(N)C(CCC)=N1. The quantitative estimate of drug-likeness (QED) is 0.655. The maximum atomic E-state index is 5.75. The molecule has 0 bridgehead atoms. The van der Waals surface area contributed by atoms with Gasteiger partial charge in [-0.05, 0) is 12.8 Å². The molecule has 0 aromatic heterocycles. The highest BCUT2D eigenvalue weighted by Crippen LogP contribution is 2.08. The van der Waals surface area contributed by atoms with Crippen LogP contribution in [0.3, 0.4) is 0 Å². The van der Waals surface area contributed by atoms with Crippen LogP contribution in [0.4, 0.5) is 0 Å². The van der Waals surface area contributed by atoms with Gasteiger partial charge in [-0.25, -0.2) is 15.8 Å². The Labute approximate surface area is 84.9 Å². The van der Waals surface area contributed by atoms with E-state index in [1.807, 2.05) is 0 Å². The van der Waals surface area contributed by atoms with Crippen molar-refractivity contribution in [3.8, 4) is 0 Å². The van der Waals surface area contributed by atoms with Crippen LogP contribution in [0.1, 0.15) is 39.5 Å². The van der Waals surface area contributed by atoms with E-state index in [4.69, 9.17) is 11.6 Å². The molecule has 0 saturated carbocycles. The van der Waals surface area contributed by atoms with Crippen molar-refractivity contribution in [2.45, 2.75) is 45.8 Å². The van der Waals surface area contributed by atoms with Crippen molar-refractivity contribution in [3.63, 3.8) is 0 Å². The lowest BCUT2D eigenvalue weighted by Crippen LogP contribution is -2.52. The van der Waals surface area contributed by atoms with Crippen LogP contribution in [0.15, 0.2) is 9.98 Å². The lowest BCUT2D eigenvalue weighted by atomic mass is 10.2. The molecule has 1 atom stereocenters. The summed E-state index contributed by atoms with van der Waals surface area (Å²) in [5.74, 6) is 7.41. The predicted octanol–water partition coefficient (Wildman–Crippen LogP) is 0.815. The number of rotatable bonds is 4. The molecule has 14 heavy (non-hydrogen) atoms. The zero-order valence-corrected chi connectivity index (χ0v) is 8.90. The molecule has 1 aliphatic rings. The fourth-order valence-corrected chi connectivity index (χ4v) is 1.36. The van der Waals surface area contributed by atoms with Gasteiger partial charge in [0.15, 0.2) is 6.29 Å². The molecule has 0 aromatic carbocycles. The molecule has 0 aliphatic carbocycles. The Kier molecular flexibility index (Phi) is 4.03. The van der Waals surface area contributed by atoms with Gasteiger partial charge >= 0.3 is 0 Å². The summed E-state index contributed by atoms with van der Waals surface area (Å²) < 4.78 is 0. The third kappa shape index (κ3) is 2.52. The van der Waals surface area contributed by atoms with Crippen LogP contribution < -0.4 is 11.6 Å². The van der Waals surface area contributed by atoms with E-state index >= 15 is 0 Å². The summed E-state index contributed by atoms with van der Waals surface area (Å²) in [7, 11) is 0. The van der Waals surface area contributed by atoms with E-state index in [2.05, 4.69) is 23.8 Å². The van der Waals surface area contributed by atoms with Crippen molar-refractivity contribution in [2.75, 3.05) is 0 Å². The first-order valence-electron chi connectivity index (χ1n) is 5.12. The molecule has 0 fully saturated rings. The largest absolute Gasteiger partial charge is 0.291 e. The molecule has 4 N–H and O–H groups in total. The number of hydrazine groups is 1. The fraction of sp³-hybridized carbons (Fsp3) is 0.778. The summed E-state index contributed by atoms with van der Waals surface area (Å²) in [5.41, 5.74) is 5.75. The minimum atomic E-state index is -0.462. The fourth-order valence-electron chi connectivity index (χ4n) is 1.36. The van der Waals surface area contributed by atoms with E-state index in [1.54, 1.807) is 0 Å². The van der Waals surface area contributed by atoms with Crippen LogP contribution in [0.25, 0.3) is 0 Å². The second kappa shape index (κ2) is 5.07. The molecule has 0 radical (unpaired) electrons. The minimum Gasteiger partial charge on any atom is -0.291 e. The lowest BCUT2D eigenvalue weighted by molar-refractivity contribution is 0.324. The van der Waals surface area contributed by atoms with Crippen molar-refractivity contribution in [2.24, 2.45) is 21.6 Å². The van der Waals surface area contributed by atoms with E-state index in [0.717, 1.165) is 37.4 Å². The van der Waals surface area contributed by atoms with Gasteiger partial charge in [0.1, 0.15) is 11.7 Å².